The Morgan fingerprint density at radius 3 is 1.77 bits per heavy atom. The van der Waals surface area contributed by atoms with Gasteiger partial charge in [0, 0.05) is 12.8 Å². The van der Waals surface area contributed by atoms with Crippen LogP contribution < -0.4 is 5.73 Å². The number of carbonyl (C=O) groups excluding carboxylic acids is 2. The fourth-order valence-corrected chi connectivity index (χ4v) is 5.60. The van der Waals surface area contributed by atoms with E-state index in [-0.39, 0.29) is 25.7 Å². The molecule has 0 radical (unpaired) electrons. The molecule has 338 valence electrons. The predicted molar refractivity (Wildman–Crippen MR) is 238 cm³/mol. The minimum absolute atomic E-state index is 0.0835. The smallest absolute Gasteiger partial charge is 0.472 e. The number of rotatable bonds is 37. The number of nitrogens with two attached hydrogens (primary N) is 1. The Labute approximate surface area is 358 Å². The summed E-state index contributed by atoms with van der Waals surface area (Å²) in [6, 6.07) is -1.58. The Morgan fingerprint density at radius 2 is 1.17 bits per heavy atom. The van der Waals surface area contributed by atoms with Crippen molar-refractivity contribution in [2.45, 2.75) is 141 Å². The molecule has 60 heavy (non-hydrogen) atoms. The van der Waals surface area contributed by atoms with Crippen molar-refractivity contribution in [3.63, 3.8) is 0 Å². The molecule has 0 aromatic carbocycles. The molecule has 0 fully saturated rings. The topological polar surface area (TPSA) is 212 Å². The van der Waals surface area contributed by atoms with Gasteiger partial charge in [0.1, 0.15) is 12.6 Å². The van der Waals surface area contributed by atoms with Crippen molar-refractivity contribution in [1.82, 2.24) is 0 Å². The Balaban J connectivity index is 4.77. The zero-order valence-corrected chi connectivity index (χ0v) is 36.6. The van der Waals surface area contributed by atoms with Crippen molar-refractivity contribution < 1.29 is 57.7 Å². The first kappa shape index (κ1) is 56.1. The summed E-state index contributed by atoms with van der Waals surface area (Å²) < 4.78 is 32.4. The van der Waals surface area contributed by atoms with E-state index in [1.807, 2.05) is 18.2 Å². The molecule has 0 spiro atoms. The van der Waals surface area contributed by atoms with E-state index in [0.29, 0.717) is 19.3 Å². The lowest BCUT2D eigenvalue weighted by Crippen LogP contribution is -2.34. The number of aliphatic carboxylic acids is 1. The van der Waals surface area contributed by atoms with Gasteiger partial charge in [-0.3, -0.25) is 23.4 Å². The number of phosphoric ester groups is 1. The van der Waals surface area contributed by atoms with Crippen molar-refractivity contribution in [2.24, 2.45) is 5.73 Å². The lowest BCUT2D eigenvalue weighted by Gasteiger charge is -2.20. The molecule has 0 heterocycles. The molecule has 0 saturated heterocycles. The highest BCUT2D eigenvalue weighted by molar-refractivity contribution is 7.47. The van der Waals surface area contributed by atoms with Gasteiger partial charge in [-0.15, -0.1) is 0 Å². The lowest BCUT2D eigenvalue weighted by molar-refractivity contribution is -0.161. The van der Waals surface area contributed by atoms with Crippen LogP contribution in [0, 0.1) is 0 Å². The molecule has 0 aliphatic heterocycles. The van der Waals surface area contributed by atoms with Gasteiger partial charge in [-0.05, 0) is 77.0 Å². The number of allylic oxidation sites excluding steroid dienone is 15. The highest BCUT2D eigenvalue weighted by Crippen LogP contribution is 2.43. The van der Waals surface area contributed by atoms with Crippen LogP contribution in [-0.2, 0) is 37.5 Å². The van der Waals surface area contributed by atoms with Crippen LogP contribution in [-0.4, -0.2) is 82.3 Å². The fourth-order valence-electron chi connectivity index (χ4n) is 4.82. The van der Waals surface area contributed by atoms with Crippen molar-refractivity contribution in [3.8, 4) is 0 Å². The molecule has 1 unspecified atom stereocenters. The van der Waals surface area contributed by atoms with E-state index in [1.54, 1.807) is 36.5 Å². The summed E-state index contributed by atoms with van der Waals surface area (Å²) in [6.45, 7) is 2.29. The molecule has 0 aromatic heterocycles. The number of aliphatic hydroxyl groups is 2. The zero-order chi connectivity index (χ0) is 44.5. The third-order valence-corrected chi connectivity index (χ3v) is 9.15. The van der Waals surface area contributed by atoms with Crippen molar-refractivity contribution in [1.29, 1.82) is 0 Å². The van der Waals surface area contributed by atoms with Gasteiger partial charge < -0.3 is 35.4 Å². The van der Waals surface area contributed by atoms with E-state index < -0.39 is 69.9 Å². The quantitative estimate of drug-likeness (QED) is 0.0130. The number of hydrogen-bond acceptors (Lipinski definition) is 11. The normalized spacial score (nSPS) is 15.8. The summed E-state index contributed by atoms with van der Waals surface area (Å²) in [5, 5.41) is 29.2. The molecule has 0 bridgehead atoms. The Morgan fingerprint density at radius 1 is 0.633 bits per heavy atom. The zero-order valence-electron chi connectivity index (χ0n) is 35.7. The summed E-state index contributed by atoms with van der Waals surface area (Å²) in [6.07, 6.45) is 43.6. The predicted octanol–water partition coefficient (Wildman–Crippen LogP) is 9.00. The van der Waals surface area contributed by atoms with E-state index in [1.165, 1.54) is 12.8 Å². The monoisotopic (exact) mass is 861 g/mol. The number of ether oxygens (including phenoxy) is 2. The SMILES string of the molecule is CC/C=C\C/C=C\C/C=C\C/C=C\C/C=C\CCCC(=O)OC[C@H](COP(=O)(O)OC[C@H](N)C(=O)O)OC(=O)CCC[C@@H](O)\C=C/C=C/C=C/[C@@H](O)C/C=C\CCCCC. The van der Waals surface area contributed by atoms with Crippen molar-refractivity contribution in [3.05, 3.63) is 109 Å². The average Bonchev–Trinajstić information content (AvgIpc) is 3.21. The van der Waals surface area contributed by atoms with E-state index in [4.69, 9.17) is 24.8 Å². The van der Waals surface area contributed by atoms with Crippen LogP contribution in [0.15, 0.2) is 109 Å². The van der Waals surface area contributed by atoms with Gasteiger partial charge in [-0.2, -0.15) is 0 Å². The summed E-state index contributed by atoms with van der Waals surface area (Å²) in [5.74, 6) is -2.75. The molecule has 0 aromatic rings. The Bertz CT molecular complexity index is 1460. The largest absolute Gasteiger partial charge is 0.480 e. The highest BCUT2D eigenvalue weighted by Gasteiger charge is 2.28. The second kappa shape index (κ2) is 39.2. The maximum absolute atomic E-state index is 12.6. The van der Waals surface area contributed by atoms with Gasteiger partial charge in [0.15, 0.2) is 6.10 Å². The summed E-state index contributed by atoms with van der Waals surface area (Å²) in [7, 11) is -4.81. The van der Waals surface area contributed by atoms with E-state index in [2.05, 4.69) is 73.1 Å². The van der Waals surface area contributed by atoms with E-state index >= 15 is 0 Å². The van der Waals surface area contributed by atoms with Gasteiger partial charge >= 0.3 is 25.7 Å². The number of carbonyl (C=O) groups is 3. The van der Waals surface area contributed by atoms with Gasteiger partial charge in [0.25, 0.3) is 0 Å². The van der Waals surface area contributed by atoms with Crippen molar-refractivity contribution >= 4 is 25.7 Å². The van der Waals surface area contributed by atoms with Crippen LogP contribution in [0.2, 0.25) is 0 Å². The Kier molecular flexibility index (Phi) is 36.6. The number of phosphoric acid groups is 1. The van der Waals surface area contributed by atoms with Crippen molar-refractivity contribution in [2.75, 3.05) is 19.8 Å². The maximum Gasteiger partial charge on any atom is 0.472 e. The first-order chi connectivity index (χ1) is 28.9. The number of esters is 2. The highest BCUT2D eigenvalue weighted by atomic mass is 31.2. The molecular weight excluding hydrogens is 789 g/mol. The van der Waals surface area contributed by atoms with Gasteiger partial charge in [0.2, 0.25) is 0 Å². The van der Waals surface area contributed by atoms with Gasteiger partial charge in [0.05, 0.1) is 25.4 Å². The lowest BCUT2D eigenvalue weighted by atomic mass is 10.1. The minimum Gasteiger partial charge on any atom is -0.480 e. The minimum atomic E-state index is -4.81. The molecule has 0 saturated carbocycles. The molecule has 13 nitrogen and oxygen atoms in total. The molecule has 0 amide bonds. The summed E-state index contributed by atoms with van der Waals surface area (Å²) in [5.41, 5.74) is 5.31. The standard InChI is InChI=1S/C46H72NO12P/c1-3-5-7-9-11-12-13-14-15-16-17-18-19-20-21-23-29-35-44(50)56-37-42(38-57-60(54,55)58-39-43(47)46(52)53)59-45(51)36-30-34-41(49)33-28-25-24-27-32-40(48)31-26-22-10-8-6-4-2/h5,7,11-12,14-15,17-18,20-22,24-28,32-33,40-43,48-49H,3-4,6,8-10,13,16,19,23,29-31,34-39,47H2,1-2H3,(H,52,53)(H,54,55)/b7-5-,12-11-,15-14-,18-17-,21-20-,25-24+,26-22-,32-27+,33-28-/t40-,41-,42+,43-/m0/s1. The number of carboxylic acid groups (broad SMARTS) is 1. The fraction of sp³-hybridized carbons (Fsp3) is 0.543. The molecular formula is C46H72NO12P. The number of hydrogen-bond donors (Lipinski definition) is 5. The molecule has 6 N–H and O–H groups in total. The second-order valence-electron chi connectivity index (χ2n) is 13.8. The Hall–Kier alpha value is -3.94. The summed E-state index contributed by atoms with van der Waals surface area (Å²) in [4.78, 5) is 45.9. The van der Waals surface area contributed by atoms with Gasteiger partial charge in [-0.25, -0.2) is 4.57 Å². The van der Waals surface area contributed by atoms with E-state index in [0.717, 1.165) is 44.9 Å². The molecule has 0 rings (SSSR count). The second-order valence-corrected chi connectivity index (χ2v) is 15.2. The third kappa shape index (κ3) is 38.3. The van der Waals surface area contributed by atoms with Crippen LogP contribution >= 0.6 is 7.82 Å². The number of carboxylic acids is 1. The van der Waals surface area contributed by atoms with Crippen LogP contribution in [0.1, 0.15) is 117 Å². The number of aliphatic hydroxyl groups excluding tert-OH is 2. The first-order valence-corrected chi connectivity index (χ1v) is 22.6. The van der Waals surface area contributed by atoms with E-state index in [9.17, 15) is 34.1 Å². The molecule has 0 aliphatic rings. The van der Waals surface area contributed by atoms with Crippen LogP contribution in [0.25, 0.3) is 0 Å². The maximum atomic E-state index is 12.6. The number of unbranched alkanes of at least 4 members (excludes halogenated alkanes) is 4. The first-order valence-electron chi connectivity index (χ1n) is 21.1. The third-order valence-electron chi connectivity index (χ3n) is 8.19. The van der Waals surface area contributed by atoms with Crippen LogP contribution in [0.4, 0.5) is 0 Å². The molecule has 14 heteroatoms. The van der Waals surface area contributed by atoms with Crippen LogP contribution in [0.5, 0.6) is 0 Å². The summed E-state index contributed by atoms with van der Waals surface area (Å²) >= 11 is 0. The van der Waals surface area contributed by atoms with Gasteiger partial charge in [-0.1, -0.05) is 136 Å². The molecule has 5 atom stereocenters. The molecule has 0 aliphatic carbocycles. The van der Waals surface area contributed by atoms with Crippen LogP contribution in [0.3, 0.4) is 0 Å². The average molecular weight is 862 g/mol.